The topological polar surface area (TPSA) is 83.5 Å². The fraction of sp³-hybridized carbons (Fsp3) is 0.355. The zero-order chi connectivity index (χ0) is 27.6. The van der Waals surface area contributed by atoms with E-state index in [0.29, 0.717) is 23.9 Å². The Hall–Kier alpha value is -3.45. The molecule has 1 aliphatic rings. The van der Waals surface area contributed by atoms with Crippen molar-refractivity contribution in [2.45, 2.75) is 70.2 Å². The molecule has 6 nitrogen and oxygen atoms in total. The van der Waals surface area contributed by atoms with Crippen LogP contribution in [0.3, 0.4) is 0 Å². The summed E-state index contributed by atoms with van der Waals surface area (Å²) in [6.07, 6.45) is 0.599. The van der Waals surface area contributed by atoms with Crippen molar-refractivity contribution in [3.8, 4) is 0 Å². The Morgan fingerprint density at radius 3 is 2.11 bits per heavy atom. The fourth-order valence-electron chi connectivity index (χ4n) is 4.91. The molecule has 0 spiro atoms. The standard InChI is InChI=1S/C31H36N2O4S/c1-6-38(36,37)26-14-7-22(8-15-26)17-30(34)32-24-11-9-23(10-12-24)29-19-31(35)33(29)25-13-16-27(20(2)3)28(18-25)21(4)5/h7-16,18,20-21,29H,6,17,19H2,1-5H3,(H,32,34). The summed E-state index contributed by atoms with van der Waals surface area (Å²) in [7, 11) is -3.26. The number of carbonyl (C=O) groups excluding carboxylic acids is 2. The molecule has 0 aromatic heterocycles. The highest BCUT2D eigenvalue weighted by molar-refractivity contribution is 7.91. The van der Waals surface area contributed by atoms with Crippen LogP contribution >= 0.6 is 0 Å². The molecule has 1 N–H and O–H groups in total. The van der Waals surface area contributed by atoms with Crippen molar-refractivity contribution >= 4 is 33.0 Å². The van der Waals surface area contributed by atoms with E-state index in [2.05, 4.69) is 45.1 Å². The number of hydrogen-bond donors (Lipinski definition) is 1. The van der Waals surface area contributed by atoms with Gasteiger partial charge in [0.25, 0.3) is 0 Å². The summed E-state index contributed by atoms with van der Waals surface area (Å²) >= 11 is 0. The Kier molecular flexibility index (Phi) is 8.07. The third-order valence-corrected chi connectivity index (χ3v) is 8.90. The van der Waals surface area contributed by atoms with Gasteiger partial charge >= 0.3 is 0 Å². The van der Waals surface area contributed by atoms with Crippen molar-refractivity contribution in [1.29, 1.82) is 0 Å². The second-order valence-corrected chi connectivity index (χ2v) is 12.8. The third-order valence-electron chi connectivity index (χ3n) is 7.15. The zero-order valence-electron chi connectivity index (χ0n) is 22.7. The first-order valence-corrected chi connectivity index (χ1v) is 14.8. The molecule has 1 fully saturated rings. The van der Waals surface area contributed by atoms with E-state index in [4.69, 9.17) is 0 Å². The van der Waals surface area contributed by atoms with Gasteiger partial charge in [0, 0.05) is 11.4 Å². The first kappa shape index (κ1) is 27.6. The number of anilines is 2. The van der Waals surface area contributed by atoms with Gasteiger partial charge in [-0.15, -0.1) is 0 Å². The van der Waals surface area contributed by atoms with Gasteiger partial charge in [-0.25, -0.2) is 8.42 Å². The van der Waals surface area contributed by atoms with Gasteiger partial charge in [0.2, 0.25) is 11.8 Å². The smallest absolute Gasteiger partial charge is 0.230 e. The molecule has 7 heteroatoms. The predicted molar refractivity (Wildman–Crippen MR) is 152 cm³/mol. The number of β-lactam (4-membered cyclic amide) rings is 1. The summed E-state index contributed by atoms with van der Waals surface area (Å²) in [5.41, 5.74) is 5.95. The second kappa shape index (κ2) is 11.1. The number of nitrogens with zero attached hydrogens (tertiary/aromatic N) is 1. The van der Waals surface area contributed by atoms with Crippen LogP contribution in [0.4, 0.5) is 11.4 Å². The maximum absolute atomic E-state index is 12.6. The highest BCUT2D eigenvalue weighted by Gasteiger charge is 2.38. The summed E-state index contributed by atoms with van der Waals surface area (Å²) in [5.74, 6) is 0.753. The molecule has 4 rings (SSSR count). The summed E-state index contributed by atoms with van der Waals surface area (Å²) in [6.45, 7) is 10.3. The maximum Gasteiger partial charge on any atom is 0.230 e. The zero-order valence-corrected chi connectivity index (χ0v) is 23.5. The van der Waals surface area contributed by atoms with Crippen molar-refractivity contribution in [3.63, 3.8) is 0 Å². The highest BCUT2D eigenvalue weighted by Crippen LogP contribution is 2.41. The van der Waals surface area contributed by atoms with Crippen molar-refractivity contribution < 1.29 is 18.0 Å². The number of benzene rings is 3. The van der Waals surface area contributed by atoms with Gasteiger partial charge < -0.3 is 10.2 Å². The molecule has 1 heterocycles. The molecule has 3 aromatic rings. The molecule has 1 unspecified atom stereocenters. The van der Waals surface area contributed by atoms with Gasteiger partial charge in [-0.05, 0) is 70.5 Å². The molecule has 0 aliphatic carbocycles. The highest BCUT2D eigenvalue weighted by atomic mass is 32.2. The molecule has 2 amide bonds. The average molecular weight is 533 g/mol. The second-order valence-electron chi connectivity index (χ2n) is 10.5. The normalized spacial score (nSPS) is 15.6. The summed E-state index contributed by atoms with van der Waals surface area (Å²) in [6, 6.07) is 20.4. The Balaban J connectivity index is 1.43. The van der Waals surface area contributed by atoms with Gasteiger partial charge in [-0.1, -0.05) is 65.0 Å². The minimum Gasteiger partial charge on any atom is -0.326 e. The molecule has 0 radical (unpaired) electrons. The van der Waals surface area contributed by atoms with E-state index >= 15 is 0 Å². The average Bonchev–Trinajstić information content (AvgIpc) is 2.88. The van der Waals surface area contributed by atoms with Gasteiger partial charge in [-0.3, -0.25) is 9.59 Å². The lowest BCUT2D eigenvalue weighted by atomic mass is 9.88. The van der Waals surface area contributed by atoms with Crippen LogP contribution in [-0.2, 0) is 25.8 Å². The van der Waals surface area contributed by atoms with Gasteiger partial charge in [-0.2, -0.15) is 0 Å². The van der Waals surface area contributed by atoms with Crippen molar-refractivity contribution in [1.82, 2.24) is 0 Å². The van der Waals surface area contributed by atoms with Crippen LogP contribution in [0.15, 0.2) is 71.6 Å². The number of hydrogen-bond acceptors (Lipinski definition) is 4. The Morgan fingerprint density at radius 2 is 1.55 bits per heavy atom. The molecule has 3 aromatic carbocycles. The van der Waals surface area contributed by atoms with E-state index in [-0.39, 0.29) is 34.9 Å². The first-order chi connectivity index (χ1) is 18.0. The molecule has 38 heavy (non-hydrogen) atoms. The third kappa shape index (κ3) is 5.83. The Bertz CT molecular complexity index is 1430. The minimum atomic E-state index is -3.26. The summed E-state index contributed by atoms with van der Waals surface area (Å²) in [5, 5.41) is 2.90. The van der Waals surface area contributed by atoms with Crippen molar-refractivity contribution in [2.75, 3.05) is 16.0 Å². The van der Waals surface area contributed by atoms with E-state index in [9.17, 15) is 18.0 Å². The van der Waals surface area contributed by atoms with Gasteiger partial charge in [0.1, 0.15) is 0 Å². The number of sulfone groups is 1. The van der Waals surface area contributed by atoms with Crippen LogP contribution in [0.25, 0.3) is 0 Å². The fourth-order valence-corrected chi connectivity index (χ4v) is 5.79. The molecule has 0 bridgehead atoms. The lowest BCUT2D eigenvalue weighted by molar-refractivity contribution is -0.124. The molecule has 1 aliphatic heterocycles. The lowest BCUT2D eigenvalue weighted by Gasteiger charge is -2.41. The predicted octanol–water partition coefficient (Wildman–Crippen LogP) is 6.39. The molecule has 1 saturated heterocycles. The number of rotatable bonds is 9. The molecule has 1 atom stereocenters. The van der Waals surface area contributed by atoms with E-state index in [1.807, 2.05) is 35.2 Å². The van der Waals surface area contributed by atoms with Crippen LogP contribution in [0.1, 0.15) is 81.2 Å². The molecule has 0 saturated carbocycles. The maximum atomic E-state index is 12.6. The number of nitrogens with one attached hydrogen (secondary N) is 1. The van der Waals surface area contributed by atoms with E-state index < -0.39 is 9.84 Å². The SMILES string of the molecule is CCS(=O)(=O)c1ccc(CC(=O)Nc2ccc(C3CC(=O)N3c3ccc(C(C)C)c(C(C)C)c3)cc2)cc1. The van der Waals surface area contributed by atoms with Crippen LogP contribution in [0, 0.1) is 0 Å². The van der Waals surface area contributed by atoms with Crippen LogP contribution in [-0.4, -0.2) is 26.0 Å². The van der Waals surface area contributed by atoms with Gasteiger partial charge in [0.15, 0.2) is 9.84 Å². The Morgan fingerprint density at radius 1 is 0.921 bits per heavy atom. The van der Waals surface area contributed by atoms with E-state index in [0.717, 1.165) is 16.8 Å². The molecular formula is C31H36N2O4S. The monoisotopic (exact) mass is 532 g/mol. The number of amides is 2. The van der Waals surface area contributed by atoms with Crippen molar-refractivity contribution in [3.05, 3.63) is 89.0 Å². The number of carbonyl (C=O) groups is 2. The summed E-state index contributed by atoms with van der Waals surface area (Å²) in [4.78, 5) is 27.3. The molecule has 200 valence electrons. The van der Waals surface area contributed by atoms with E-state index in [1.165, 1.54) is 11.1 Å². The Labute approximate surface area is 226 Å². The minimum absolute atomic E-state index is 0.0323. The van der Waals surface area contributed by atoms with Crippen LogP contribution < -0.4 is 10.2 Å². The first-order valence-electron chi connectivity index (χ1n) is 13.2. The van der Waals surface area contributed by atoms with Crippen molar-refractivity contribution in [2.24, 2.45) is 0 Å². The van der Waals surface area contributed by atoms with E-state index in [1.54, 1.807) is 31.2 Å². The molecular weight excluding hydrogens is 496 g/mol. The van der Waals surface area contributed by atoms with Gasteiger partial charge in [0.05, 0.1) is 29.5 Å². The summed E-state index contributed by atoms with van der Waals surface area (Å²) < 4.78 is 23.9. The van der Waals surface area contributed by atoms with Crippen LogP contribution in [0.2, 0.25) is 0 Å². The lowest BCUT2D eigenvalue weighted by Crippen LogP contribution is -2.46. The largest absolute Gasteiger partial charge is 0.326 e. The quantitative estimate of drug-likeness (QED) is 0.324. The van der Waals surface area contributed by atoms with Crippen LogP contribution in [0.5, 0.6) is 0 Å².